The highest BCUT2D eigenvalue weighted by Gasteiger charge is 2.42. The maximum absolute atomic E-state index is 12.9. The highest BCUT2D eigenvalue weighted by Crippen LogP contribution is 2.46. The summed E-state index contributed by atoms with van der Waals surface area (Å²) < 4.78 is 18.4. The Labute approximate surface area is 99.0 Å². The average Bonchev–Trinajstić information content (AvgIpc) is 3.01. The van der Waals surface area contributed by atoms with E-state index >= 15 is 0 Å². The van der Waals surface area contributed by atoms with Gasteiger partial charge in [-0.05, 0) is 30.7 Å². The van der Waals surface area contributed by atoms with Gasteiger partial charge in [-0.25, -0.2) is 4.39 Å². The Morgan fingerprint density at radius 1 is 1.47 bits per heavy atom. The van der Waals surface area contributed by atoms with Crippen LogP contribution in [0, 0.1) is 11.2 Å². The molecule has 1 saturated carbocycles. The molecule has 0 unspecified atom stereocenters. The highest BCUT2D eigenvalue weighted by atomic mass is 35.5. The Balaban J connectivity index is 1.96. The normalized spacial score (nSPS) is 17.5. The molecule has 82 valence electrons. The van der Waals surface area contributed by atoms with Gasteiger partial charge in [0.1, 0.15) is 11.6 Å². The summed E-state index contributed by atoms with van der Waals surface area (Å²) in [5.74, 6) is 1.04. The quantitative estimate of drug-likeness (QED) is 0.800. The van der Waals surface area contributed by atoms with Crippen LogP contribution in [0.15, 0.2) is 18.2 Å². The summed E-state index contributed by atoms with van der Waals surface area (Å²) in [6.07, 6.45) is 2.32. The second kappa shape index (κ2) is 4.22. The van der Waals surface area contributed by atoms with Crippen molar-refractivity contribution < 1.29 is 9.13 Å². The molecule has 1 aromatic rings. The van der Waals surface area contributed by atoms with Gasteiger partial charge in [0.05, 0.1) is 11.6 Å². The molecule has 0 heterocycles. The van der Waals surface area contributed by atoms with Crippen LogP contribution in [0.3, 0.4) is 0 Å². The molecule has 15 heavy (non-hydrogen) atoms. The van der Waals surface area contributed by atoms with Crippen LogP contribution < -0.4 is 4.74 Å². The van der Waals surface area contributed by atoms with Gasteiger partial charge in [0.25, 0.3) is 0 Å². The van der Waals surface area contributed by atoms with Crippen molar-refractivity contribution in [2.24, 2.45) is 5.41 Å². The van der Waals surface area contributed by atoms with Crippen LogP contribution in [-0.4, -0.2) is 12.4 Å². The van der Waals surface area contributed by atoms with Gasteiger partial charge >= 0.3 is 0 Å². The minimum atomic E-state index is -0.417. The summed E-state index contributed by atoms with van der Waals surface area (Å²) in [6, 6.07) is 4.42. The first kappa shape index (κ1) is 11.1. The summed E-state index contributed by atoms with van der Waals surface area (Å²) >= 11 is 9.92. The summed E-state index contributed by atoms with van der Waals surface area (Å²) in [5.41, 5.74) is 0.240. The molecule has 0 bridgehead atoms. The molecule has 4 heteroatoms. The van der Waals surface area contributed by atoms with Crippen LogP contribution >= 0.6 is 24.2 Å². The largest absolute Gasteiger partial charge is 0.493 e. The Morgan fingerprint density at radius 3 is 2.73 bits per heavy atom. The highest BCUT2D eigenvalue weighted by molar-refractivity contribution is 7.80. The Kier molecular flexibility index (Phi) is 3.12. The lowest BCUT2D eigenvalue weighted by atomic mass is 10.2. The van der Waals surface area contributed by atoms with Crippen molar-refractivity contribution in [1.82, 2.24) is 0 Å². The van der Waals surface area contributed by atoms with Crippen molar-refractivity contribution in [3.8, 4) is 5.75 Å². The third-order valence-corrected chi connectivity index (χ3v) is 3.69. The zero-order valence-corrected chi connectivity index (χ0v) is 9.82. The van der Waals surface area contributed by atoms with Crippen molar-refractivity contribution in [2.45, 2.75) is 12.8 Å². The van der Waals surface area contributed by atoms with E-state index in [1.807, 2.05) is 0 Å². The fourth-order valence-electron chi connectivity index (χ4n) is 1.33. The lowest BCUT2D eigenvalue weighted by Gasteiger charge is -2.13. The van der Waals surface area contributed by atoms with Crippen molar-refractivity contribution in [3.05, 3.63) is 29.0 Å². The fraction of sp³-hybridized carbons (Fsp3) is 0.455. The molecular weight excluding hydrogens is 235 g/mol. The van der Waals surface area contributed by atoms with E-state index in [0.29, 0.717) is 12.4 Å². The van der Waals surface area contributed by atoms with E-state index in [4.69, 9.17) is 16.3 Å². The van der Waals surface area contributed by atoms with E-state index < -0.39 is 5.82 Å². The Hall–Kier alpha value is -0.410. The first-order valence-electron chi connectivity index (χ1n) is 4.84. The number of hydrogen-bond acceptors (Lipinski definition) is 2. The van der Waals surface area contributed by atoms with E-state index in [2.05, 4.69) is 12.6 Å². The monoisotopic (exact) mass is 246 g/mol. The number of rotatable bonds is 4. The molecule has 1 fully saturated rings. The molecule has 0 aromatic heterocycles. The van der Waals surface area contributed by atoms with Crippen LogP contribution in [0.5, 0.6) is 5.75 Å². The molecule has 1 aliphatic carbocycles. The fourth-order valence-corrected chi connectivity index (χ4v) is 1.91. The first-order valence-corrected chi connectivity index (χ1v) is 5.85. The predicted octanol–water partition coefficient (Wildman–Crippen LogP) is 3.57. The van der Waals surface area contributed by atoms with Gasteiger partial charge in [-0.1, -0.05) is 11.6 Å². The zero-order chi connectivity index (χ0) is 10.9. The number of hydrogen-bond donors (Lipinski definition) is 1. The standard InChI is InChI=1S/C11H12ClFOS/c12-9-5-8(1-2-10(9)13)14-6-11(7-15)3-4-11/h1-2,5,15H,3-4,6-7H2. The summed E-state index contributed by atoms with van der Waals surface area (Å²) in [5, 5.41) is 0.100. The van der Waals surface area contributed by atoms with Gasteiger partial charge in [0.15, 0.2) is 0 Å². The molecule has 0 aliphatic heterocycles. The van der Waals surface area contributed by atoms with Crippen molar-refractivity contribution >= 4 is 24.2 Å². The van der Waals surface area contributed by atoms with Gasteiger partial charge in [-0.15, -0.1) is 0 Å². The lowest BCUT2D eigenvalue weighted by Crippen LogP contribution is -2.14. The second-order valence-electron chi connectivity index (χ2n) is 4.02. The van der Waals surface area contributed by atoms with Crippen molar-refractivity contribution in [3.63, 3.8) is 0 Å². The summed E-state index contributed by atoms with van der Waals surface area (Å²) in [6.45, 7) is 0.637. The smallest absolute Gasteiger partial charge is 0.142 e. The molecule has 0 radical (unpaired) electrons. The molecule has 0 atom stereocenters. The van der Waals surface area contributed by atoms with Crippen molar-refractivity contribution in [1.29, 1.82) is 0 Å². The van der Waals surface area contributed by atoms with Crippen LogP contribution in [0.1, 0.15) is 12.8 Å². The minimum Gasteiger partial charge on any atom is -0.493 e. The maximum atomic E-state index is 12.9. The van der Waals surface area contributed by atoms with Crippen molar-refractivity contribution in [2.75, 3.05) is 12.4 Å². The first-order chi connectivity index (χ1) is 7.15. The van der Waals surface area contributed by atoms with Crippen LogP contribution in [0.25, 0.3) is 0 Å². The van der Waals surface area contributed by atoms with Gasteiger partial charge < -0.3 is 4.74 Å². The third kappa shape index (κ3) is 2.58. The molecule has 0 saturated heterocycles. The molecule has 0 spiro atoms. The SMILES string of the molecule is Fc1ccc(OCC2(CS)CC2)cc1Cl. The summed E-state index contributed by atoms with van der Waals surface area (Å²) in [7, 11) is 0. The van der Waals surface area contributed by atoms with E-state index in [1.54, 1.807) is 6.07 Å². The zero-order valence-electron chi connectivity index (χ0n) is 8.17. The van der Waals surface area contributed by atoms with Crippen LogP contribution in [0.2, 0.25) is 5.02 Å². The summed E-state index contributed by atoms with van der Waals surface area (Å²) in [4.78, 5) is 0. The maximum Gasteiger partial charge on any atom is 0.142 e. The van der Waals surface area contributed by atoms with Crippen LogP contribution in [-0.2, 0) is 0 Å². The molecule has 1 aliphatic rings. The van der Waals surface area contributed by atoms with Gasteiger partial charge in [0.2, 0.25) is 0 Å². The molecular formula is C11H12ClFOS. The number of ether oxygens (including phenoxy) is 1. The van der Waals surface area contributed by atoms with Gasteiger partial charge in [-0.2, -0.15) is 12.6 Å². The lowest BCUT2D eigenvalue weighted by molar-refractivity contribution is 0.250. The van der Waals surface area contributed by atoms with E-state index in [1.165, 1.54) is 12.1 Å². The number of halogens is 2. The molecule has 0 N–H and O–H groups in total. The third-order valence-electron chi connectivity index (χ3n) is 2.73. The van der Waals surface area contributed by atoms with E-state index in [0.717, 1.165) is 18.6 Å². The topological polar surface area (TPSA) is 9.23 Å². The Morgan fingerprint density at radius 2 is 2.20 bits per heavy atom. The van der Waals surface area contributed by atoms with Gasteiger partial charge in [0, 0.05) is 11.5 Å². The second-order valence-corrected chi connectivity index (χ2v) is 4.75. The van der Waals surface area contributed by atoms with E-state index in [-0.39, 0.29) is 10.4 Å². The number of benzene rings is 1. The molecule has 1 nitrogen and oxygen atoms in total. The molecule has 0 amide bonds. The molecule has 1 aromatic carbocycles. The Bertz CT molecular complexity index is 366. The average molecular weight is 247 g/mol. The van der Waals surface area contributed by atoms with Gasteiger partial charge in [-0.3, -0.25) is 0 Å². The predicted molar refractivity (Wildman–Crippen MR) is 62.4 cm³/mol. The molecule has 2 rings (SSSR count). The van der Waals surface area contributed by atoms with E-state index in [9.17, 15) is 4.39 Å². The van der Waals surface area contributed by atoms with Crippen LogP contribution in [0.4, 0.5) is 4.39 Å². The number of thiol groups is 1. The minimum absolute atomic E-state index is 0.100.